The maximum absolute atomic E-state index is 12.6. The molecule has 5 rings (SSSR count). The summed E-state index contributed by atoms with van der Waals surface area (Å²) < 4.78 is 5.19. The number of hydrogen-bond donors (Lipinski definition) is 3. The molecule has 1 aliphatic heterocycles. The molecule has 1 saturated heterocycles. The van der Waals surface area contributed by atoms with Crippen LogP contribution in [-0.2, 0) is 9.53 Å². The van der Waals surface area contributed by atoms with Gasteiger partial charge in [-0.2, -0.15) is 0 Å². The molecule has 1 aromatic carbocycles. The number of anilines is 2. The van der Waals surface area contributed by atoms with Crippen LogP contribution in [0, 0.1) is 18.8 Å². The van der Waals surface area contributed by atoms with Crippen molar-refractivity contribution in [2.45, 2.75) is 19.4 Å². The number of ether oxygens (including phenoxy) is 1. The smallest absolute Gasteiger partial charge is 0.407 e. The van der Waals surface area contributed by atoms with Crippen LogP contribution in [-0.4, -0.2) is 34.6 Å². The minimum Gasteiger partial charge on any atom is -0.444 e. The molecule has 2 amide bonds. The van der Waals surface area contributed by atoms with E-state index < -0.39 is 6.09 Å². The number of nitrogens with one attached hydrogen (secondary N) is 2. The van der Waals surface area contributed by atoms with Gasteiger partial charge in [0.05, 0.1) is 12.2 Å². The molecule has 2 aromatic heterocycles. The Labute approximate surface area is 172 Å². The van der Waals surface area contributed by atoms with E-state index in [1.54, 1.807) is 6.20 Å². The van der Waals surface area contributed by atoms with Crippen molar-refractivity contribution in [3.8, 4) is 11.3 Å². The van der Waals surface area contributed by atoms with E-state index in [1.807, 2.05) is 43.3 Å². The quantitative estimate of drug-likeness (QED) is 0.616. The number of pyridine rings is 2. The Balaban J connectivity index is 1.37. The Morgan fingerprint density at radius 2 is 2.13 bits per heavy atom. The van der Waals surface area contributed by atoms with E-state index in [4.69, 9.17) is 10.5 Å². The summed E-state index contributed by atoms with van der Waals surface area (Å²) in [6.45, 7) is 2.48. The number of cyclic esters (lactones) is 1. The molecule has 3 heterocycles. The van der Waals surface area contributed by atoms with Crippen LogP contribution in [0.1, 0.15) is 12.0 Å². The van der Waals surface area contributed by atoms with Crippen LogP contribution >= 0.6 is 0 Å². The first-order valence-corrected chi connectivity index (χ1v) is 9.87. The summed E-state index contributed by atoms with van der Waals surface area (Å²) in [5.41, 5.74) is 9.06. The molecule has 1 saturated carbocycles. The van der Waals surface area contributed by atoms with E-state index in [9.17, 15) is 9.59 Å². The summed E-state index contributed by atoms with van der Waals surface area (Å²) in [7, 11) is 0. The second-order valence-corrected chi connectivity index (χ2v) is 7.82. The molecule has 0 radical (unpaired) electrons. The first kappa shape index (κ1) is 18.4. The van der Waals surface area contributed by atoms with E-state index in [-0.39, 0.29) is 23.8 Å². The molecule has 0 spiro atoms. The van der Waals surface area contributed by atoms with E-state index >= 15 is 0 Å². The molecule has 0 bridgehead atoms. The molecule has 3 aromatic rings. The molecule has 3 atom stereocenters. The number of nitrogen functional groups attached to an aromatic ring is 1. The molecule has 1 aliphatic carbocycles. The fraction of sp³-hybridized carbons (Fsp3) is 0.273. The van der Waals surface area contributed by atoms with Crippen LogP contribution in [0.25, 0.3) is 22.0 Å². The molecule has 8 heteroatoms. The van der Waals surface area contributed by atoms with E-state index in [0.717, 1.165) is 27.6 Å². The number of benzene rings is 1. The van der Waals surface area contributed by atoms with Gasteiger partial charge in [0, 0.05) is 29.0 Å². The Morgan fingerprint density at radius 3 is 2.90 bits per heavy atom. The van der Waals surface area contributed by atoms with Crippen LogP contribution in [0.2, 0.25) is 0 Å². The van der Waals surface area contributed by atoms with Crippen LogP contribution in [0.3, 0.4) is 0 Å². The van der Waals surface area contributed by atoms with Gasteiger partial charge in [0.1, 0.15) is 17.7 Å². The number of hydrogen-bond acceptors (Lipinski definition) is 6. The van der Waals surface area contributed by atoms with Crippen molar-refractivity contribution in [1.82, 2.24) is 15.3 Å². The maximum atomic E-state index is 12.6. The third kappa shape index (κ3) is 3.30. The number of carbonyl (C=O) groups is 2. The van der Waals surface area contributed by atoms with Gasteiger partial charge in [-0.15, -0.1) is 0 Å². The zero-order valence-corrected chi connectivity index (χ0v) is 16.4. The second-order valence-electron chi connectivity index (χ2n) is 7.82. The minimum absolute atomic E-state index is 0.0527. The van der Waals surface area contributed by atoms with Crippen molar-refractivity contribution >= 4 is 34.4 Å². The van der Waals surface area contributed by atoms with Crippen LogP contribution in [0.15, 0.2) is 42.6 Å². The van der Waals surface area contributed by atoms with Gasteiger partial charge in [0.25, 0.3) is 0 Å². The minimum atomic E-state index is -0.419. The highest BCUT2D eigenvalue weighted by atomic mass is 16.6. The van der Waals surface area contributed by atoms with Crippen LogP contribution < -0.4 is 16.4 Å². The predicted octanol–water partition coefficient (Wildman–Crippen LogP) is 2.87. The van der Waals surface area contributed by atoms with Crippen molar-refractivity contribution in [1.29, 1.82) is 0 Å². The summed E-state index contributed by atoms with van der Waals surface area (Å²) in [5, 5.41) is 7.09. The first-order valence-electron chi connectivity index (χ1n) is 9.87. The lowest BCUT2D eigenvalue weighted by Crippen LogP contribution is -2.22. The Kier molecular flexibility index (Phi) is 4.27. The van der Waals surface area contributed by atoms with E-state index in [0.29, 0.717) is 24.6 Å². The zero-order valence-electron chi connectivity index (χ0n) is 16.4. The van der Waals surface area contributed by atoms with E-state index in [2.05, 4.69) is 20.6 Å². The number of rotatable bonds is 4. The third-order valence-electron chi connectivity index (χ3n) is 5.78. The lowest BCUT2D eigenvalue weighted by atomic mass is 10.0. The number of nitrogens with two attached hydrogens (primary N) is 1. The average Bonchev–Trinajstić information content (AvgIpc) is 3.42. The predicted molar refractivity (Wildman–Crippen MR) is 113 cm³/mol. The highest BCUT2D eigenvalue weighted by molar-refractivity contribution is 5.98. The number of alkyl carbamates (subject to hydrolysis) is 1. The molecule has 152 valence electrons. The largest absolute Gasteiger partial charge is 0.444 e. The number of nitrogens with zero attached hydrogens (tertiary/aromatic N) is 2. The lowest BCUT2D eigenvalue weighted by Gasteiger charge is -2.11. The third-order valence-corrected chi connectivity index (χ3v) is 5.78. The summed E-state index contributed by atoms with van der Waals surface area (Å²) in [4.78, 5) is 32.7. The molecule has 4 N–H and O–H groups in total. The van der Waals surface area contributed by atoms with Gasteiger partial charge in [0.15, 0.2) is 0 Å². The van der Waals surface area contributed by atoms with Crippen molar-refractivity contribution < 1.29 is 14.3 Å². The van der Waals surface area contributed by atoms with Gasteiger partial charge in [-0.25, -0.2) is 14.8 Å². The van der Waals surface area contributed by atoms with Gasteiger partial charge in [0.2, 0.25) is 5.91 Å². The van der Waals surface area contributed by atoms with Crippen molar-refractivity contribution in [3.63, 3.8) is 0 Å². The molecule has 2 fully saturated rings. The summed E-state index contributed by atoms with van der Waals surface area (Å²) in [6.07, 6.45) is 1.67. The number of aryl methyl sites for hydroxylation is 1. The number of aromatic nitrogens is 2. The van der Waals surface area contributed by atoms with Gasteiger partial charge < -0.3 is 21.1 Å². The molecule has 8 nitrogen and oxygen atoms in total. The topological polar surface area (TPSA) is 119 Å². The molecule has 1 unspecified atom stereocenters. The molecular formula is C22H21N5O3. The van der Waals surface area contributed by atoms with Gasteiger partial charge in [-0.3, -0.25) is 4.79 Å². The van der Waals surface area contributed by atoms with Crippen LogP contribution in [0.4, 0.5) is 16.4 Å². The van der Waals surface area contributed by atoms with Crippen molar-refractivity contribution in [3.05, 3.63) is 48.2 Å². The highest BCUT2D eigenvalue weighted by Gasteiger charge is 2.51. The number of amides is 2. The van der Waals surface area contributed by atoms with Gasteiger partial charge >= 0.3 is 6.09 Å². The Hall–Kier alpha value is -3.68. The summed E-state index contributed by atoms with van der Waals surface area (Å²) in [6, 6.07) is 11.7. The molecular weight excluding hydrogens is 382 g/mol. The second kappa shape index (κ2) is 6.98. The van der Waals surface area contributed by atoms with Gasteiger partial charge in [-0.1, -0.05) is 24.3 Å². The Bertz CT molecular complexity index is 1180. The number of fused-ring (bicyclic) bond motifs is 1. The molecule has 2 aliphatic rings. The SMILES string of the molecule is Cc1ccccc1-c1cc2cc(NC(=O)[C@H]3C[C@@H]3C3CNC(=O)O3)ncc2c(N)n1. The summed E-state index contributed by atoms with van der Waals surface area (Å²) in [5.74, 6) is 0.619. The Morgan fingerprint density at radius 1 is 1.30 bits per heavy atom. The number of carbonyl (C=O) groups excluding carboxylic acids is 2. The standard InChI is InChI=1S/C22H21N5O3/c1-11-4-2-3-5-13(11)17-6-12-7-19(24-9-16(12)20(23)26-17)27-21(28)15-8-14(15)18-10-25-22(29)30-18/h2-7,9,14-15,18H,8,10H2,1H3,(H2,23,26)(H,25,29)(H,24,27,28)/t14-,15-,18?/m0/s1. The maximum Gasteiger partial charge on any atom is 0.407 e. The van der Waals surface area contributed by atoms with Crippen LogP contribution in [0.5, 0.6) is 0 Å². The van der Waals surface area contributed by atoms with Gasteiger partial charge in [-0.05, 0) is 36.4 Å². The molecule has 30 heavy (non-hydrogen) atoms. The van der Waals surface area contributed by atoms with Crippen molar-refractivity contribution in [2.75, 3.05) is 17.6 Å². The fourth-order valence-electron chi connectivity index (χ4n) is 4.03. The average molecular weight is 403 g/mol. The highest BCUT2D eigenvalue weighted by Crippen LogP contribution is 2.44. The first-order chi connectivity index (χ1) is 14.5. The monoisotopic (exact) mass is 403 g/mol. The normalized spacial score (nSPS) is 22.4. The zero-order chi connectivity index (χ0) is 20.8. The fourth-order valence-corrected chi connectivity index (χ4v) is 4.03. The lowest BCUT2D eigenvalue weighted by molar-refractivity contribution is -0.117. The van der Waals surface area contributed by atoms with E-state index in [1.165, 1.54) is 0 Å². The van der Waals surface area contributed by atoms with Crippen molar-refractivity contribution in [2.24, 2.45) is 11.8 Å². The summed E-state index contributed by atoms with van der Waals surface area (Å²) >= 11 is 0.